The summed E-state index contributed by atoms with van der Waals surface area (Å²) in [4.78, 5) is 77.2. The van der Waals surface area contributed by atoms with Gasteiger partial charge in [-0.05, 0) is 47.7 Å². The first kappa shape index (κ1) is 47.4. The third-order valence-electron chi connectivity index (χ3n) is 9.66. The molecule has 0 fully saturated rings. The molecule has 2 atom stereocenters. The fraction of sp³-hybridized carbons (Fsp3) is 0.581. The number of carboxylic acids is 1. The summed E-state index contributed by atoms with van der Waals surface area (Å²) in [6.07, 6.45) is 16.1. The van der Waals surface area contributed by atoms with Crippen LogP contribution >= 0.6 is 0 Å². The molecule has 0 radical (unpaired) electrons. The van der Waals surface area contributed by atoms with Crippen LogP contribution in [0.5, 0.6) is 0 Å². The van der Waals surface area contributed by atoms with Crippen molar-refractivity contribution in [3.05, 3.63) is 59.7 Å². The molecule has 3 rings (SSSR count). The van der Waals surface area contributed by atoms with Crippen LogP contribution in [0, 0.1) is 0 Å². The zero-order valence-corrected chi connectivity index (χ0v) is 33.8. The third-order valence-corrected chi connectivity index (χ3v) is 9.66. The van der Waals surface area contributed by atoms with Crippen LogP contribution in [0.3, 0.4) is 0 Å². The number of carboxylic acid groups (broad SMARTS) is 1. The van der Waals surface area contributed by atoms with Gasteiger partial charge >= 0.3 is 5.97 Å². The lowest BCUT2D eigenvalue weighted by molar-refractivity contribution is -0.142. The first-order chi connectivity index (χ1) is 27.0. The van der Waals surface area contributed by atoms with E-state index in [4.69, 9.17) is 5.73 Å². The standard InChI is InChI=1S/C39H55N5O7.C4H11N/c1-3-4-5-6-7-8-9-10-11-12-13-20-33(45)40-22-21-34(46)41-27-36(48)44(2)37-31-19-15-18-30(25-31)29-17-14-16-28(23-29)24-32(39(50)51)43-35(47)26-42-38(37)49;1-2-3-4-5/h14-19,23,25,32,37H,3-13,20-22,24,26-27H2,1-2H3,(H,40,45)(H,41,46)(H,42,49)(H,43,47)(H,50,51);2-5H2,1H3. The van der Waals surface area contributed by atoms with E-state index in [9.17, 15) is 33.9 Å². The van der Waals surface area contributed by atoms with Crippen LogP contribution in [-0.2, 0) is 35.2 Å². The summed E-state index contributed by atoms with van der Waals surface area (Å²) < 4.78 is 0. The van der Waals surface area contributed by atoms with Gasteiger partial charge in [0.1, 0.15) is 12.1 Å². The van der Waals surface area contributed by atoms with Gasteiger partial charge in [0.25, 0.3) is 0 Å². The van der Waals surface area contributed by atoms with E-state index >= 15 is 0 Å². The number of hydrogen-bond donors (Lipinski definition) is 6. The smallest absolute Gasteiger partial charge is 0.326 e. The van der Waals surface area contributed by atoms with Crippen LogP contribution < -0.4 is 27.0 Å². The molecule has 0 saturated heterocycles. The minimum atomic E-state index is -1.21. The molecule has 0 aromatic heterocycles. The SMILES string of the molecule is CCCCCCCCCCCCCC(=O)NCCC(=O)NCC(=O)N(C)C1C(=O)NCC(=O)NC(C(=O)O)Cc2cccc(c2)-c2cccc1c2.CCCCN. The lowest BCUT2D eigenvalue weighted by atomic mass is 9.95. The quantitative estimate of drug-likeness (QED) is 0.0934. The maximum Gasteiger partial charge on any atom is 0.326 e. The molecule has 2 unspecified atom stereocenters. The minimum Gasteiger partial charge on any atom is -0.480 e. The Hall–Kier alpha value is -4.78. The second-order valence-corrected chi connectivity index (χ2v) is 14.4. The van der Waals surface area contributed by atoms with Crippen molar-refractivity contribution in [1.29, 1.82) is 0 Å². The molecule has 2 aromatic carbocycles. The summed E-state index contributed by atoms with van der Waals surface area (Å²) in [6, 6.07) is 12.0. The number of aliphatic carboxylic acids is 1. The second kappa shape index (κ2) is 27.7. The molecule has 13 heteroatoms. The van der Waals surface area contributed by atoms with Crippen molar-refractivity contribution < 1.29 is 33.9 Å². The van der Waals surface area contributed by atoms with Crippen molar-refractivity contribution >= 4 is 35.5 Å². The minimum absolute atomic E-state index is 0.00153. The van der Waals surface area contributed by atoms with Crippen molar-refractivity contribution in [3.8, 4) is 11.1 Å². The van der Waals surface area contributed by atoms with Crippen LogP contribution in [-0.4, -0.2) is 84.8 Å². The highest BCUT2D eigenvalue weighted by atomic mass is 16.4. The number of nitrogens with two attached hydrogens (primary N) is 1. The van der Waals surface area contributed by atoms with Crippen LogP contribution in [0.2, 0.25) is 0 Å². The average molecular weight is 779 g/mol. The first-order valence-electron chi connectivity index (χ1n) is 20.5. The highest BCUT2D eigenvalue weighted by Gasteiger charge is 2.30. The van der Waals surface area contributed by atoms with E-state index in [1.54, 1.807) is 30.3 Å². The zero-order valence-electron chi connectivity index (χ0n) is 33.8. The van der Waals surface area contributed by atoms with Crippen molar-refractivity contribution in [1.82, 2.24) is 26.2 Å². The number of amides is 5. The van der Waals surface area contributed by atoms with Crippen LogP contribution in [0.15, 0.2) is 48.5 Å². The molecule has 56 heavy (non-hydrogen) atoms. The molecule has 4 bridgehead atoms. The summed E-state index contributed by atoms with van der Waals surface area (Å²) in [5, 5.41) is 20.0. The Morgan fingerprint density at radius 3 is 1.98 bits per heavy atom. The molecule has 0 saturated carbocycles. The van der Waals surface area contributed by atoms with Gasteiger partial charge in [-0.1, -0.05) is 127 Å². The Labute approximate surface area is 333 Å². The van der Waals surface area contributed by atoms with E-state index < -0.39 is 48.2 Å². The van der Waals surface area contributed by atoms with Crippen LogP contribution in [0.4, 0.5) is 0 Å². The molecule has 7 N–H and O–H groups in total. The molecule has 1 aliphatic rings. The number of nitrogens with one attached hydrogen (secondary N) is 4. The predicted molar refractivity (Wildman–Crippen MR) is 219 cm³/mol. The van der Waals surface area contributed by atoms with Gasteiger partial charge < -0.3 is 37.0 Å². The molecule has 310 valence electrons. The molecule has 1 heterocycles. The highest BCUT2D eigenvalue weighted by Crippen LogP contribution is 2.27. The Bertz CT molecular complexity index is 1530. The molecule has 5 amide bonds. The number of carbonyl (C=O) groups excluding carboxylic acids is 5. The molecule has 2 aromatic rings. The number of rotatable bonds is 21. The number of likely N-dealkylation sites (N-methyl/N-ethyl adjacent to an activating group) is 1. The monoisotopic (exact) mass is 778 g/mol. The van der Waals surface area contributed by atoms with Crippen molar-refractivity contribution in [3.63, 3.8) is 0 Å². The predicted octanol–water partition coefficient (Wildman–Crippen LogP) is 5.16. The van der Waals surface area contributed by atoms with Gasteiger partial charge in [0.15, 0.2) is 0 Å². The van der Waals surface area contributed by atoms with Crippen molar-refractivity contribution in [2.75, 3.05) is 33.2 Å². The van der Waals surface area contributed by atoms with Gasteiger partial charge in [0.2, 0.25) is 29.5 Å². The van der Waals surface area contributed by atoms with Crippen molar-refractivity contribution in [2.24, 2.45) is 5.73 Å². The van der Waals surface area contributed by atoms with E-state index in [1.165, 1.54) is 76.2 Å². The maximum absolute atomic E-state index is 13.5. The van der Waals surface area contributed by atoms with E-state index in [0.717, 1.165) is 36.9 Å². The van der Waals surface area contributed by atoms with Gasteiger partial charge in [-0.15, -0.1) is 0 Å². The molecule has 1 aliphatic heterocycles. The van der Waals surface area contributed by atoms with E-state index in [0.29, 0.717) is 17.5 Å². The second-order valence-electron chi connectivity index (χ2n) is 14.4. The zero-order chi connectivity index (χ0) is 41.1. The Kier molecular flexibility index (Phi) is 23.5. The average Bonchev–Trinajstić information content (AvgIpc) is 3.18. The van der Waals surface area contributed by atoms with Gasteiger partial charge in [-0.25, -0.2) is 4.79 Å². The van der Waals surface area contributed by atoms with Crippen LogP contribution in [0.25, 0.3) is 11.1 Å². The number of benzene rings is 2. The summed E-state index contributed by atoms with van der Waals surface area (Å²) >= 11 is 0. The molecule has 0 spiro atoms. The molecule has 0 aliphatic carbocycles. The van der Waals surface area contributed by atoms with Crippen molar-refractivity contribution in [2.45, 2.75) is 129 Å². The first-order valence-corrected chi connectivity index (χ1v) is 20.5. The van der Waals surface area contributed by atoms with Gasteiger partial charge in [-0.3, -0.25) is 24.0 Å². The van der Waals surface area contributed by atoms with E-state index in [1.807, 2.05) is 18.2 Å². The molecular weight excluding hydrogens is 713 g/mol. The summed E-state index contributed by atoms with van der Waals surface area (Å²) in [5.41, 5.74) is 7.85. The fourth-order valence-corrected chi connectivity index (χ4v) is 6.35. The van der Waals surface area contributed by atoms with Gasteiger partial charge in [0, 0.05) is 32.9 Å². The topological polar surface area (TPSA) is 200 Å². The molecule has 13 nitrogen and oxygen atoms in total. The number of carbonyl (C=O) groups is 6. The van der Waals surface area contributed by atoms with E-state index in [-0.39, 0.29) is 31.8 Å². The number of fused-ring (bicyclic) bond motifs is 5. The van der Waals surface area contributed by atoms with Gasteiger partial charge in [-0.2, -0.15) is 0 Å². The maximum atomic E-state index is 13.5. The Morgan fingerprint density at radius 1 is 0.786 bits per heavy atom. The number of nitrogens with zero attached hydrogens (tertiary/aromatic N) is 1. The Balaban J connectivity index is 0.00000203. The highest BCUT2D eigenvalue weighted by molar-refractivity contribution is 5.93. The van der Waals surface area contributed by atoms with E-state index in [2.05, 4.69) is 35.1 Å². The van der Waals surface area contributed by atoms with Gasteiger partial charge in [0.05, 0.1) is 13.1 Å². The summed E-state index contributed by atoms with van der Waals surface area (Å²) in [5.74, 6) is -3.62. The number of hydrogen-bond acceptors (Lipinski definition) is 7. The Morgan fingerprint density at radius 2 is 1.38 bits per heavy atom. The largest absolute Gasteiger partial charge is 0.480 e. The lowest BCUT2D eigenvalue weighted by Crippen LogP contribution is -2.49. The van der Waals surface area contributed by atoms with Crippen LogP contribution in [0.1, 0.15) is 127 Å². The normalized spacial score (nSPS) is 15.2. The lowest BCUT2D eigenvalue weighted by Gasteiger charge is -2.28. The molecular formula is C43H66N6O7. The number of unbranched alkanes of at least 4 members (excludes halogenated alkanes) is 11. The third kappa shape index (κ3) is 18.7. The fourth-order valence-electron chi connectivity index (χ4n) is 6.35. The summed E-state index contributed by atoms with van der Waals surface area (Å²) in [6.45, 7) is 4.47. The summed E-state index contributed by atoms with van der Waals surface area (Å²) in [7, 11) is 1.44.